The van der Waals surface area contributed by atoms with Gasteiger partial charge < -0.3 is 10.1 Å². The number of carboxylic acids is 1. The Morgan fingerprint density at radius 3 is 2.63 bits per heavy atom. The topological polar surface area (TPSA) is 56.3 Å². The lowest BCUT2D eigenvalue weighted by Gasteiger charge is -2.35. The number of likely N-dealkylation sites (tertiary alicyclic amines) is 1. The minimum atomic E-state index is -0.808. The van der Waals surface area contributed by atoms with Crippen LogP contribution in [0.5, 0.6) is 0 Å². The van der Waals surface area contributed by atoms with Crippen LogP contribution in [-0.2, 0) is 11.2 Å². The van der Waals surface area contributed by atoms with Crippen molar-refractivity contribution in [1.82, 2.24) is 9.88 Å². The number of aliphatic carboxylic acids is 1. The Kier molecular flexibility index (Phi) is 5.19. The molecule has 1 aliphatic heterocycles. The van der Waals surface area contributed by atoms with Crippen LogP contribution in [0, 0.1) is 5.92 Å². The molecule has 1 aliphatic rings. The zero-order valence-corrected chi connectivity index (χ0v) is 15.8. The number of rotatable bonds is 5. The number of hydrogen-bond donors (Lipinski definition) is 2. The van der Waals surface area contributed by atoms with Gasteiger partial charge in [0.2, 0.25) is 0 Å². The smallest absolute Gasteiger partial charge is 0.325 e. The monoisotopic (exact) mass is 382 g/mol. The number of nitrogens with zero attached hydrogens (tertiary/aromatic N) is 1. The highest BCUT2D eigenvalue weighted by atomic mass is 35.5. The van der Waals surface area contributed by atoms with E-state index in [1.807, 2.05) is 30.5 Å². The number of fused-ring (bicyclic) bond motifs is 1. The number of halogens is 1. The van der Waals surface area contributed by atoms with Crippen molar-refractivity contribution in [3.05, 3.63) is 70.9 Å². The first-order chi connectivity index (χ1) is 13.1. The molecule has 1 saturated heterocycles. The van der Waals surface area contributed by atoms with Gasteiger partial charge in [0.15, 0.2) is 0 Å². The standard InChI is InChI=1S/C22H23ClN2O2/c23-17-6-7-20-18(13-17)19(14-24-20)21(22(26)27)25-10-8-16(9-11-25)12-15-4-2-1-3-5-15/h1-7,13-14,16,21,24H,8-12H2,(H,26,27). The van der Waals surface area contributed by atoms with Gasteiger partial charge in [-0.3, -0.25) is 9.69 Å². The number of carbonyl (C=O) groups is 1. The summed E-state index contributed by atoms with van der Waals surface area (Å²) in [4.78, 5) is 17.4. The zero-order valence-electron chi connectivity index (χ0n) is 15.1. The highest BCUT2D eigenvalue weighted by Crippen LogP contribution is 2.33. The Bertz CT molecular complexity index is 930. The van der Waals surface area contributed by atoms with Crippen LogP contribution >= 0.6 is 11.6 Å². The summed E-state index contributed by atoms with van der Waals surface area (Å²) in [6, 6.07) is 15.4. The number of carboxylic acid groups (broad SMARTS) is 1. The minimum absolute atomic E-state index is 0.607. The second-order valence-electron chi connectivity index (χ2n) is 7.34. The van der Waals surface area contributed by atoms with Crippen molar-refractivity contribution in [2.45, 2.75) is 25.3 Å². The summed E-state index contributed by atoms with van der Waals surface area (Å²) in [5.41, 5.74) is 3.07. The summed E-state index contributed by atoms with van der Waals surface area (Å²) in [6.07, 6.45) is 4.91. The molecular formula is C22H23ClN2O2. The number of nitrogens with one attached hydrogen (secondary N) is 1. The van der Waals surface area contributed by atoms with Crippen LogP contribution in [0.1, 0.15) is 30.0 Å². The van der Waals surface area contributed by atoms with Crippen molar-refractivity contribution >= 4 is 28.5 Å². The molecule has 1 unspecified atom stereocenters. The van der Waals surface area contributed by atoms with Gasteiger partial charge in [-0.05, 0) is 62.0 Å². The number of aromatic amines is 1. The molecule has 1 fully saturated rings. The third-order valence-corrected chi connectivity index (χ3v) is 5.82. The van der Waals surface area contributed by atoms with Crippen molar-refractivity contribution in [3.63, 3.8) is 0 Å². The van der Waals surface area contributed by atoms with Crippen molar-refractivity contribution in [3.8, 4) is 0 Å². The summed E-state index contributed by atoms with van der Waals surface area (Å²) in [7, 11) is 0. The van der Waals surface area contributed by atoms with E-state index in [0.717, 1.165) is 48.8 Å². The van der Waals surface area contributed by atoms with Gasteiger partial charge >= 0.3 is 5.97 Å². The normalized spacial score (nSPS) is 17.2. The second-order valence-corrected chi connectivity index (χ2v) is 7.78. The van der Waals surface area contributed by atoms with E-state index in [1.54, 1.807) is 0 Å². The van der Waals surface area contributed by atoms with E-state index in [-0.39, 0.29) is 0 Å². The van der Waals surface area contributed by atoms with Gasteiger partial charge in [0, 0.05) is 27.7 Å². The van der Waals surface area contributed by atoms with E-state index >= 15 is 0 Å². The quantitative estimate of drug-likeness (QED) is 0.659. The third kappa shape index (κ3) is 3.87. The predicted octanol–water partition coefficient (Wildman–Crippen LogP) is 4.90. The highest BCUT2D eigenvalue weighted by Gasteiger charge is 2.32. The maximum Gasteiger partial charge on any atom is 0.325 e. The molecule has 2 N–H and O–H groups in total. The van der Waals surface area contributed by atoms with Gasteiger partial charge in [-0.25, -0.2) is 0 Å². The molecule has 1 aromatic heterocycles. The highest BCUT2D eigenvalue weighted by molar-refractivity contribution is 6.31. The molecule has 0 radical (unpaired) electrons. The fourth-order valence-electron chi connectivity index (χ4n) is 4.19. The largest absolute Gasteiger partial charge is 0.480 e. The Morgan fingerprint density at radius 2 is 1.93 bits per heavy atom. The molecule has 140 valence electrons. The molecule has 0 bridgehead atoms. The van der Waals surface area contributed by atoms with E-state index in [1.165, 1.54) is 5.56 Å². The molecule has 3 aromatic rings. The molecule has 0 amide bonds. The number of H-pyrrole nitrogens is 1. The van der Waals surface area contributed by atoms with E-state index in [9.17, 15) is 9.90 Å². The first kappa shape index (κ1) is 18.1. The van der Waals surface area contributed by atoms with Crippen LogP contribution in [0.2, 0.25) is 5.02 Å². The molecule has 5 heteroatoms. The Balaban J connectivity index is 1.50. The van der Waals surface area contributed by atoms with Crippen molar-refractivity contribution in [2.75, 3.05) is 13.1 Å². The predicted molar refractivity (Wildman–Crippen MR) is 108 cm³/mol. The number of aromatic nitrogens is 1. The summed E-state index contributed by atoms with van der Waals surface area (Å²) in [5.74, 6) is -0.201. The number of benzene rings is 2. The van der Waals surface area contributed by atoms with Gasteiger partial charge in [0.05, 0.1) is 0 Å². The molecule has 27 heavy (non-hydrogen) atoms. The maximum absolute atomic E-state index is 12.1. The van der Waals surface area contributed by atoms with Gasteiger partial charge in [0.25, 0.3) is 0 Å². The average molecular weight is 383 g/mol. The zero-order chi connectivity index (χ0) is 18.8. The maximum atomic E-state index is 12.1. The summed E-state index contributed by atoms with van der Waals surface area (Å²) < 4.78 is 0. The molecule has 4 nitrogen and oxygen atoms in total. The van der Waals surface area contributed by atoms with Gasteiger partial charge in [-0.1, -0.05) is 41.9 Å². The lowest BCUT2D eigenvalue weighted by molar-refractivity contribution is -0.144. The molecule has 2 aromatic carbocycles. The molecule has 2 heterocycles. The van der Waals surface area contributed by atoms with E-state index in [0.29, 0.717) is 10.9 Å². The molecular weight excluding hydrogens is 360 g/mol. The van der Waals surface area contributed by atoms with Crippen LogP contribution in [0.25, 0.3) is 10.9 Å². The Hall–Kier alpha value is -2.30. The molecule has 0 saturated carbocycles. The first-order valence-corrected chi connectivity index (χ1v) is 9.77. The number of hydrogen-bond acceptors (Lipinski definition) is 2. The first-order valence-electron chi connectivity index (χ1n) is 9.39. The van der Waals surface area contributed by atoms with Crippen LogP contribution in [0.4, 0.5) is 0 Å². The van der Waals surface area contributed by atoms with E-state index < -0.39 is 12.0 Å². The summed E-state index contributed by atoms with van der Waals surface area (Å²) >= 11 is 6.14. The summed E-state index contributed by atoms with van der Waals surface area (Å²) in [5, 5.41) is 11.4. The van der Waals surface area contributed by atoms with Crippen molar-refractivity contribution < 1.29 is 9.90 Å². The fourth-order valence-corrected chi connectivity index (χ4v) is 4.36. The van der Waals surface area contributed by atoms with Gasteiger partial charge in [-0.2, -0.15) is 0 Å². The van der Waals surface area contributed by atoms with Crippen molar-refractivity contribution in [1.29, 1.82) is 0 Å². The van der Waals surface area contributed by atoms with Gasteiger partial charge in [-0.15, -0.1) is 0 Å². The molecule has 0 spiro atoms. The lowest BCUT2D eigenvalue weighted by Crippen LogP contribution is -2.40. The Morgan fingerprint density at radius 1 is 1.19 bits per heavy atom. The average Bonchev–Trinajstić information content (AvgIpc) is 3.07. The van der Waals surface area contributed by atoms with E-state index in [2.05, 4.69) is 34.1 Å². The summed E-state index contributed by atoms with van der Waals surface area (Å²) in [6.45, 7) is 1.59. The minimum Gasteiger partial charge on any atom is -0.480 e. The van der Waals surface area contributed by atoms with Gasteiger partial charge in [0.1, 0.15) is 6.04 Å². The Labute approximate surface area is 163 Å². The van der Waals surface area contributed by atoms with Crippen molar-refractivity contribution in [2.24, 2.45) is 5.92 Å². The molecule has 4 rings (SSSR count). The van der Waals surface area contributed by atoms with Crippen LogP contribution in [-0.4, -0.2) is 34.0 Å². The van der Waals surface area contributed by atoms with E-state index in [4.69, 9.17) is 11.6 Å². The second kappa shape index (κ2) is 7.75. The van der Waals surface area contributed by atoms with Crippen LogP contribution in [0.3, 0.4) is 0 Å². The SMILES string of the molecule is O=C(O)C(c1c[nH]c2ccc(Cl)cc12)N1CCC(Cc2ccccc2)CC1. The lowest BCUT2D eigenvalue weighted by atomic mass is 9.89. The fraction of sp³-hybridized carbons (Fsp3) is 0.318. The molecule has 1 atom stereocenters. The van der Waals surface area contributed by atoms with Crippen LogP contribution < -0.4 is 0 Å². The third-order valence-electron chi connectivity index (χ3n) is 5.59. The molecule has 0 aliphatic carbocycles. The number of piperidine rings is 1. The van der Waals surface area contributed by atoms with Crippen LogP contribution in [0.15, 0.2) is 54.7 Å².